The van der Waals surface area contributed by atoms with E-state index >= 15 is 0 Å². The third kappa shape index (κ3) is 4.56. The van der Waals surface area contributed by atoms with Gasteiger partial charge < -0.3 is 5.73 Å². The van der Waals surface area contributed by atoms with Crippen LogP contribution in [0.3, 0.4) is 0 Å². The summed E-state index contributed by atoms with van der Waals surface area (Å²) in [4.78, 5) is -0.275. The van der Waals surface area contributed by atoms with Crippen molar-refractivity contribution in [2.45, 2.75) is 4.90 Å². The van der Waals surface area contributed by atoms with Gasteiger partial charge in [-0.15, -0.1) is 0 Å². The molecule has 0 amide bonds. The molecule has 0 aliphatic heterocycles. The average molecular weight is 309 g/mol. The maximum atomic E-state index is 11.5. The standard InChI is InChI=1S/C8H11N3O4S3/c9-8(16)5-17(12,13)11-6-1-3-7(4-2-6)18(10,14)15/h1-4,11H,5H2,(H2,9,16)(H2,10,14,15). The molecule has 100 valence electrons. The van der Waals surface area contributed by atoms with Gasteiger partial charge in [0.1, 0.15) is 5.75 Å². The lowest BCUT2D eigenvalue weighted by Crippen LogP contribution is -2.26. The van der Waals surface area contributed by atoms with Crippen LogP contribution in [0, 0.1) is 0 Å². The molecule has 0 saturated carbocycles. The van der Waals surface area contributed by atoms with Crippen molar-refractivity contribution in [3.63, 3.8) is 0 Å². The summed E-state index contributed by atoms with van der Waals surface area (Å²) in [7, 11) is -7.48. The van der Waals surface area contributed by atoms with Gasteiger partial charge in [-0.25, -0.2) is 22.0 Å². The quantitative estimate of drug-likeness (QED) is 0.620. The minimum absolute atomic E-state index is 0.111. The highest BCUT2D eigenvalue weighted by molar-refractivity contribution is 7.95. The Hall–Kier alpha value is -1.23. The van der Waals surface area contributed by atoms with Crippen molar-refractivity contribution in [1.29, 1.82) is 0 Å². The fourth-order valence-corrected chi connectivity index (χ4v) is 3.04. The Morgan fingerprint density at radius 1 is 1.17 bits per heavy atom. The number of nitrogens with one attached hydrogen (secondary N) is 1. The van der Waals surface area contributed by atoms with E-state index in [2.05, 4.69) is 16.9 Å². The first kappa shape index (κ1) is 14.8. The molecule has 0 unspecified atom stereocenters. The van der Waals surface area contributed by atoms with E-state index in [1.165, 1.54) is 24.3 Å². The summed E-state index contributed by atoms with van der Waals surface area (Å²) in [5.74, 6) is -0.487. The van der Waals surface area contributed by atoms with E-state index in [0.29, 0.717) is 0 Å². The van der Waals surface area contributed by atoms with E-state index < -0.39 is 25.8 Å². The Labute approximate surface area is 110 Å². The molecule has 0 heterocycles. The second kappa shape index (κ2) is 5.18. The molecule has 5 N–H and O–H groups in total. The predicted molar refractivity (Wildman–Crippen MR) is 72.0 cm³/mol. The van der Waals surface area contributed by atoms with E-state index in [1.54, 1.807) is 0 Å². The highest BCUT2D eigenvalue weighted by atomic mass is 32.2. The number of hydrogen-bond acceptors (Lipinski definition) is 5. The smallest absolute Gasteiger partial charge is 0.239 e. The molecule has 0 aromatic heterocycles. The molecule has 0 atom stereocenters. The van der Waals surface area contributed by atoms with Crippen LogP contribution >= 0.6 is 12.2 Å². The van der Waals surface area contributed by atoms with Gasteiger partial charge >= 0.3 is 0 Å². The van der Waals surface area contributed by atoms with Crippen molar-refractivity contribution in [2.75, 3.05) is 10.5 Å². The molecule has 0 aliphatic rings. The summed E-state index contributed by atoms with van der Waals surface area (Å²) in [5, 5.41) is 4.90. The Morgan fingerprint density at radius 2 is 1.67 bits per heavy atom. The molecular formula is C8H11N3O4S3. The first-order valence-corrected chi connectivity index (χ1v) is 8.12. The van der Waals surface area contributed by atoms with E-state index in [-0.39, 0.29) is 15.6 Å². The number of primary sulfonamides is 1. The highest BCUT2D eigenvalue weighted by Crippen LogP contribution is 2.14. The molecule has 1 aromatic rings. The van der Waals surface area contributed by atoms with Gasteiger partial charge in [-0.3, -0.25) is 4.72 Å². The van der Waals surface area contributed by atoms with Crippen LogP contribution in [-0.4, -0.2) is 27.6 Å². The zero-order valence-electron chi connectivity index (χ0n) is 9.03. The number of rotatable bonds is 5. The molecule has 1 rings (SSSR count). The van der Waals surface area contributed by atoms with Crippen LogP contribution in [0.1, 0.15) is 0 Å². The Bertz CT molecular complexity index is 649. The van der Waals surface area contributed by atoms with E-state index in [1.807, 2.05) is 0 Å². The van der Waals surface area contributed by atoms with Gasteiger partial charge in [-0.2, -0.15) is 0 Å². The molecule has 18 heavy (non-hydrogen) atoms. The van der Waals surface area contributed by atoms with Crippen LogP contribution in [0.25, 0.3) is 0 Å². The minimum atomic E-state index is -3.80. The fraction of sp³-hybridized carbons (Fsp3) is 0.125. The van der Waals surface area contributed by atoms with E-state index in [9.17, 15) is 16.8 Å². The maximum absolute atomic E-state index is 11.5. The first-order chi connectivity index (χ1) is 8.10. The zero-order chi connectivity index (χ0) is 14.0. The number of anilines is 1. The molecule has 0 fully saturated rings. The van der Waals surface area contributed by atoms with Gasteiger partial charge in [0, 0.05) is 5.69 Å². The molecule has 0 spiro atoms. The van der Waals surface area contributed by atoms with Crippen LogP contribution in [0.2, 0.25) is 0 Å². The van der Waals surface area contributed by atoms with E-state index in [0.717, 1.165) is 0 Å². The first-order valence-electron chi connectivity index (χ1n) is 4.52. The maximum Gasteiger partial charge on any atom is 0.239 e. The largest absolute Gasteiger partial charge is 0.392 e. The summed E-state index contributed by atoms with van der Waals surface area (Å²) in [6.07, 6.45) is 0. The Morgan fingerprint density at radius 3 is 2.06 bits per heavy atom. The monoisotopic (exact) mass is 309 g/mol. The van der Waals surface area contributed by atoms with Crippen molar-refractivity contribution in [1.82, 2.24) is 0 Å². The lowest BCUT2D eigenvalue weighted by atomic mass is 10.3. The van der Waals surface area contributed by atoms with Crippen molar-refractivity contribution in [3.05, 3.63) is 24.3 Å². The lowest BCUT2D eigenvalue weighted by molar-refractivity contribution is 0.597. The van der Waals surface area contributed by atoms with Crippen LogP contribution in [-0.2, 0) is 20.0 Å². The van der Waals surface area contributed by atoms with Crippen molar-refractivity contribution in [2.24, 2.45) is 10.9 Å². The summed E-state index contributed by atoms with van der Waals surface area (Å²) in [6.45, 7) is 0. The van der Waals surface area contributed by atoms with Crippen molar-refractivity contribution in [3.8, 4) is 0 Å². The normalized spacial score (nSPS) is 12.1. The molecule has 0 aliphatic carbocycles. The van der Waals surface area contributed by atoms with Crippen molar-refractivity contribution < 1.29 is 16.8 Å². The van der Waals surface area contributed by atoms with Crippen molar-refractivity contribution >= 4 is 42.9 Å². The van der Waals surface area contributed by atoms with Crippen LogP contribution in [0.5, 0.6) is 0 Å². The predicted octanol–water partition coefficient (Wildman–Crippen LogP) is -0.638. The molecule has 0 saturated heterocycles. The van der Waals surface area contributed by atoms with Gasteiger partial charge in [-0.1, -0.05) is 12.2 Å². The highest BCUT2D eigenvalue weighted by Gasteiger charge is 2.13. The molecule has 1 aromatic carbocycles. The molecule has 10 heteroatoms. The summed E-state index contributed by atoms with van der Waals surface area (Å²) in [6, 6.07) is 4.93. The third-order valence-electron chi connectivity index (χ3n) is 1.79. The zero-order valence-corrected chi connectivity index (χ0v) is 11.5. The Balaban J connectivity index is 2.92. The second-order valence-electron chi connectivity index (χ2n) is 3.40. The third-order valence-corrected chi connectivity index (χ3v) is 4.28. The van der Waals surface area contributed by atoms with E-state index in [4.69, 9.17) is 10.9 Å². The molecule has 0 bridgehead atoms. The van der Waals surface area contributed by atoms with Gasteiger partial charge in [0.05, 0.1) is 9.88 Å². The van der Waals surface area contributed by atoms with Gasteiger partial charge in [-0.05, 0) is 24.3 Å². The number of nitrogens with two attached hydrogens (primary N) is 2. The average Bonchev–Trinajstić information content (AvgIpc) is 2.13. The molecule has 0 radical (unpaired) electrons. The summed E-state index contributed by atoms with van der Waals surface area (Å²) >= 11 is 4.49. The van der Waals surface area contributed by atoms with Crippen LogP contribution in [0.15, 0.2) is 29.2 Å². The lowest BCUT2D eigenvalue weighted by Gasteiger charge is -2.07. The SMILES string of the molecule is NC(=S)CS(=O)(=O)Nc1ccc(S(N)(=O)=O)cc1. The van der Waals surface area contributed by atoms with Crippen LogP contribution < -0.4 is 15.6 Å². The topological polar surface area (TPSA) is 132 Å². The second-order valence-corrected chi connectivity index (χ2v) is 7.20. The molecular weight excluding hydrogens is 298 g/mol. The fourth-order valence-electron chi connectivity index (χ4n) is 1.12. The molecule has 7 nitrogen and oxygen atoms in total. The summed E-state index contributed by atoms with van der Waals surface area (Å²) < 4.78 is 47.1. The summed E-state index contributed by atoms with van der Waals surface area (Å²) in [5.41, 5.74) is 5.32. The van der Waals surface area contributed by atoms with Gasteiger partial charge in [0.25, 0.3) is 0 Å². The number of benzene rings is 1. The van der Waals surface area contributed by atoms with Gasteiger partial charge in [0.15, 0.2) is 0 Å². The minimum Gasteiger partial charge on any atom is -0.392 e. The number of hydrogen-bond donors (Lipinski definition) is 3. The number of thiocarbonyl (C=S) groups is 1. The number of sulfonamides is 2. The Kier molecular flexibility index (Phi) is 4.27. The van der Waals surface area contributed by atoms with Gasteiger partial charge in [0.2, 0.25) is 20.0 Å². The van der Waals surface area contributed by atoms with Crippen LogP contribution in [0.4, 0.5) is 5.69 Å².